The Morgan fingerprint density at radius 2 is 1.79 bits per heavy atom. The lowest BCUT2D eigenvalue weighted by molar-refractivity contribution is -0.143. The molecule has 206 valence electrons. The molecule has 1 atom stereocenters. The summed E-state index contributed by atoms with van der Waals surface area (Å²) in [7, 11) is 1.33. The van der Waals surface area contributed by atoms with Gasteiger partial charge < -0.3 is 24.8 Å². The molecule has 1 saturated heterocycles. The predicted molar refractivity (Wildman–Crippen MR) is 148 cm³/mol. The lowest BCUT2D eigenvalue weighted by Gasteiger charge is -2.33. The molecule has 1 unspecified atom stereocenters. The van der Waals surface area contributed by atoms with Crippen LogP contribution >= 0.6 is 0 Å². The smallest absolute Gasteiger partial charge is 0.328 e. The number of methoxy groups -OCH3 is 1. The highest BCUT2D eigenvalue weighted by Gasteiger charge is 2.30. The molecule has 0 saturated carbocycles. The van der Waals surface area contributed by atoms with E-state index in [1.165, 1.54) is 7.11 Å². The van der Waals surface area contributed by atoms with E-state index in [9.17, 15) is 14.4 Å². The number of carbonyl (C=O) groups is 3. The minimum Gasteiger partial charge on any atom is -0.467 e. The summed E-state index contributed by atoms with van der Waals surface area (Å²) in [5.41, 5.74) is 3.74. The highest BCUT2D eigenvalue weighted by atomic mass is 16.5. The number of benzene rings is 1. The Labute approximate surface area is 228 Å². The number of nitrogens with one attached hydrogen (secondary N) is 2. The van der Waals surface area contributed by atoms with Gasteiger partial charge in [0.25, 0.3) is 5.91 Å². The van der Waals surface area contributed by atoms with E-state index < -0.39 is 12.0 Å². The summed E-state index contributed by atoms with van der Waals surface area (Å²) >= 11 is 0. The first-order valence-electron chi connectivity index (χ1n) is 13.3. The van der Waals surface area contributed by atoms with Crippen LogP contribution < -0.4 is 10.6 Å². The molecule has 3 amide bonds. The number of pyridine rings is 1. The molecular weight excluding hydrogens is 496 g/mol. The standard InChI is InChI=1S/C29H36N6O4/c1-19(2)17-25(28(37)39-4)33-29(38)34-14-11-21(12-15-34)26-24(10-5-20(3)31-26)27(36)32-22-6-8-23(9-7-22)35-16-13-30-18-35/h5-10,13,16,18-19,21,25H,11-12,14-15,17H2,1-4H3,(H,32,36)(H,33,38). The van der Waals surface area contributed by atoms with Crippen LogP contribution in [0.1, 0.15) is 60.8 Å². The van der Waals surface area contributed by atoms with Crippen molar-refractivity contribution in [1.29, 1.82) is 0 Å². The molecule has 2 aromatic heterocycles. The number of urea groups is 1. The first kappa shape index (κ1) is 27.8. The molecule has 3 heterocycles. The number of ether oxygens (including phenoxy) is 1. The van der Waals surface area contributed by atoms with Gasteiger partial charge in [-0.2, -0.15) is 0 Å². The molecule has 4 rings (SSSR count). The fourth-order valence-corrected chi connectivity index (χ4v) is 4.83. The van der Waals surface area contributed by atoms with Gasteiger partial charge in [0, 0.05) is 48.5 Å². The number of amides is 3. The zero-order valence-electron chi connectivity index (χ0n) is 22.9. The summed E-state index contributed by atoms with van der Waals surface area (Å²) in [4.78, 5) is 48.8. The summed E-state index contributed by atoms with van der Waals surface area (Å²) < 4.78 is 6.76. The van der Waals surface area contributed by atoms with E-state index in [-0.39, 0.29) is 23.8 Å². The number of aryl methyl sites for hydroxylation is 1. The second-order valence-electron chi connectivity index (χ2n) is 10.3. The van der Waals surface area contributed by atoms with Crippen LogP contribution in [0.5, 0.6) is 0 Å². The Morgan fingerprint density at radius 3 is 2.41 bits per heavy atom. The summed E-state index contributed by atoms with van der Waals surface area (Å²) in [5.74, 6) is -0.400. The topological polar surface area (TPSA) is 118 Å². The third kappa shape index (κ3) is 7.01. The Bertz CT molecular complexity index is 1280. The van der Waals surface area contributed by atoms with Crippen LogP contribution in [-0.4, -0.2) is 63.6 Å². The van der Waals surface area contributed by atoms with Crippen LogP contribution in [0.4, 0.5) is 10.5 Å². The molecule has 39 heavy (non-hydrogen) atoms. The second kappa shape index (κ2) is 12.6. The van der Waals surface area contributed by atoms with Gasteiger partial charge in [-0.3, -0.25) is 9.78 Å². The first-order chi connectivity index (χ1) is 18.7. The maximum Gasteiger partial charge on any atom is 0.328 e. The van der Waals surface area contributed by atoms with E-state index >= 15 is 0 Å². The Hall–Kier alpha value is -4.21. The number of nitrogens with zero attached hydrogens (tertiary/aromatic N) is 4. The maximum atomic E-state index is 13.3. The molecule has 2 N–H and O–H groups in total. The van der Waals surface area contributed by atoms with Crippen LogP contribution in [0.15, 0.2) is 55.1 Å². The quantitative estimate of drug-likeness (QED) is 0.418. The van der Waals surface area contributed by atoms with Crippen LogP contribution in [0.2, 0.25) is 0 Å². The average molecular weight is 533 g/mol. The molecule has 10 nitrogen and oxygen atoms in total. The highest BCUT2D eigenvalue weighted by molar-refractivity contribution is 6.05. The lowest BCUT2D eigenvalue weighted by atomic mass is 9.90. The number of imidazole rings is 1. The molecule has 10 heteroatoms. The van der Waals surface area contributed by atoms with Crippen molar-refractivity contribution >= 4 is 23.6 Å². The molecular formula is C29H36N6O4. The maximum absolute atomic E-state index is 13.3. The normalized spacial score (nSPS) is 14.6. The van der Waals surface area contributed by atoms with Gasteiger partial charge in [-0.1, -0.05) is 13.8 Å². The van der Waals surface area contributed by atoms with E-state index in [0.717, 1.165) is 17.1 Å². The van der Waals surface area contributed by atoms with Gasteiger partial charge in [0.1, 0.15) is 6.04 Å². The first-order valence-corrected chi connectivity index (χ1v) is 13.3. The van der Waals surface area contributed by atoms with Gasteiger partial charge in [0.15, 0.2) is 0 Å². The summed E-state index contributed by atoms with van der Waals surface area (Å²) in [6.45, 7) is 6.89. The van der Waals surface area contributed by atoms with Crippen molar-refractivity contribution in [3.05, 3.63) is 72.1 Å². The molecule has 0 radical (unpaired) electrons. The summed E-state index contributed by atoms with van der Waals surface area (Å²) in [6, 6.07) is 10.2. The lowest BCUT2D eigenvalue weighted by Crippen LogP contribution is -2.50. The molecule has 3 aromatic rings. The van der Waals surface area contributed by atoms with E-state index in [2.05, 4.69) is 15.6 Å². The number of piperidine rings is 1. The number of rotatable bonds is 8. The Kier molecular flexibility index (Phi) is 8.96. The third-order valence-electron chi connectivity index (χ3n) is 6.90. The molecule has 1 aliphatic rings. The minimum absolute atomic E-state index is 0.0328. The summed E-state index contributed by atoms with van der Waals surface area (Å²) in [5, 5.41) is 5.82. The molecule has 1 aromatic carbocycles. The van der Waals surface area contributed by atoms with Crippen molar-refractivity contribution in [3.63, 3.8) is 0 Å². The molecule has 0 bridgehead atoms. The van der Waals surface area contributed by atoms with Crippen LogP contribution in [-0.2, 0) is 9.53 Å². The van der Waals surface area contributed by atoms with E-state index in [1.807, 2.05) is 67.9 Å². The van der Waals surface area contributed by atoms with Crippen molar-refractivity contribution in [1.82, 2.24) is 24.8 Å². The monoisotopic (exact) mass is 532 g/mol. The average Bonchev–Trinajstić information content (AvgIpc) is 3.47. The number of likely N-dealkylation sites (tertiary alicyclic amines) is 1. The van der Waals surface area contributed by atoms with Gasteiger partial charge in [-0.15, -0.1) is 0 Å². The fraction of sp³-hybridized carbons (Fsp3) is 0.414. The molecule has 0 aliphatic carbocycles. The van der Waals surface area contributed by atoms with Gasteiger partial charge in [0.05, 0.1) is 24.7 Å². The van der Waals surface area contributed by atoms with Gasteiger partial charge in [-0.25, -0.2) is 14.6 Å². The van der Waals surface area contributed by atoms with Gasteiger partial charge >= 0.3 is 12.0 Å². The zero-order valence-corrected chi connectivity index (χ0v) is 22.9. The highest BCUT2D eigenvalue weighted by Crippen LogP contribution is 2.30. The Morgan fingerprint density at radius 1 is 1.08 bits per heavy atom. The number of esters is 1. The van der Waals surface area contributed by atoms with Crippen molar-refractivity contribution in [2.75, 3.05) is 25.5 Å². The fourth-order valence-electron chi connectivity index (χ4n) is 4.83. The second-order valence-corrected chi connectivity index (χ2v) is 10.3. The Balaban J connectivity index is 1.40. The largest absolute Gasteiger partial charge is 0.467 e. The van der Waals surface area contributed by atoms with Crippen molar-refractivity contribution < 1.29 is 19.1 Å². The van der Waals surface area contributed by atoms with Crippen molar-refractivity contribution in [3.8, 4) is 5.69 Å². The number of anilines is 1. The van der Waals surface area contributed by atoms with Crippen molar-refractivity contribution in [2.24, 2.45) is 5.92 Å². The number of hydrogen-bond donors (Lipinski definition) is 2. The number of hydrogen-bond acceptors (Lipinski definition) is 6. The van der Waals surface area contributed by atoms with Crippen LogP contribution in [0.3, 0.4) is 0 Å². The summed E-state index contributed by atoms with van der Waals surface area (Å²) in [6.07, 6.45) is 7.12. The van der Waals surface area contributed by atoms with Crippen LogP contribution in [0, 0.1) is 12.8 Å². The van der Waals surface area contributed by atoms with E-state index in [1.54, 1.807) is 17.4 Å². The van der Waals surface area contributed by atoms with Crippen molar-refractivity contribution in [2.45, 2.75) is 52.0 Å². The zero-order chi connectivity index (χ0) is 27.9. The SMILES string of the molecule is COC(=O)C(CC(C)C)NC(=O)N1CCC(c2nc(C)ccc2C(=O)Nc2ccc(-n3ccnc3)cc2)CC1. The number of carbonyl (C=O) groups excluding carboxylic acids is 3. The third-order valence-corrected chi connectivity index (χ3v) is 6.90. The molecule has 1 fully saturated rings. The molecule has 0 spiro atoms. The van der Waals surface area contributed by atoms with E-state index in [4.69, 9.17) is 9.72 Å². The number of aromatic nitrogens is 3. The minimum atomic E-state index is -0.678. The predicted octanol–water partition coefficient (Wildman–Crippen LogP) is 4.30. The van der Waals surface area contributed by atoms with E-state index in [0.29, 0.717) is 43.6 Å². The van der Waals surface area contributed by atoms with Gasteiger partial charge in [-0.05, 0) is 68.5 Å². The molecule has 1 aliphatic heterocycles. The van der Waals surface area contributed by atoms with Crippen LogP contribution in [0.25, 0.3) is 5.69 Å². The van der Waals surface area contributed by atoms with Gasteiger partial charge in [0.2, 0.25) is 0 Å².